The molecule has 9 amide bonds. The molecule has 0 bridgehead atoms. The highest BCUT2D eigenvalue weighted by Gasteiger charge is 2.49. The number of nitrogens with one attached hydrogen (secondary N) is 5. The topological polar surface area (TPSA) is 399 Å². The van der Waals surface area contributed by atoms with Crippen LogP contribution in [0.25, 0.3) is 0 Å². The first-order valence-corrected chi connectivity index (χ1v) is 35.1. The van der Waals surface area contributed by atoms with E-state index < -0.39 is 151 Å². The maximum atomic E-state index is 14.9. The van der Waals surface area contributed by atoms with E-state index >= 15 is 0 Å². The summed E-state index contributed by atoms with van der Waals surface area (Å²) in [4.78, 5) is 154. The average Bonchev–Trinajstić information content (AvgIpc) is 1.04. The SMILES string of the molecule is CC[C@H](C)[C@@H]([C@@H](CC(=O)N1CCC[C@H]1C[C@@H](C)C(=O)N[C@H](C)[C@@H](O)c1ccccc1)OC)N(C)C(=O)[C@@H](NC(=O)[C@H](C(C)C)N(C)C(=O)OCc1ccc(NC(=O)[C@H](C)NC(=O)[C@@H](NC(=O)CCCC(=O)N(C)CCC(=O)C(C)C)C(C)C)c(O[C@@H]2O[C@H](C(=O)O)[C@@H](O)[C@H](O)[C@H]2O)c1)C(C)C. The summed E-state index contributed by atoms with van der Waals surface area (Å²) in [5.74, 6) is -8.39. The highest BCUT2D eigenvalue weighted by Crippen LogP contribution is 2.33. The van der Waals surface area contributed by atoms with Crippen LogP contribution in [0, 0.1) is 35.5 Å². The fourth-order valence-electron chi connectivity index (χ4n) is 12.4. The van der Waals surface area contributed by atoms with E-state index in [4.69, 9.17) is 18.9 Å². The van der Waals surface area contributed by atoms with Crippen molar-refractivity contribution < 1.29 is 97.2 Å². The number of likely N-dealkylation sites (N-methyl/N-ethyl adjacent to an activating group) is 2. The molecule has 2 aromatic carbocycles. The maximum absolute atomic E-state index is 14.9. The Kier molecular flexibility index (Phi) is 34.0. The molecule has 566 valence electrons. The molecule has 2 aliphatic rings. The van der Waals surface area contributed by atoms with Crippen LogP contribution in [0.4, 0.5) is 10.5 Å². The molecule has 16 atom stereocenters. The zero-order valence-corrected chi connectivity index (χ0v) is 61.8. The molecule has 29 nitrogen and oxygen atoms in total. The third-order valence-corrected chi connectivity index (χ3v) is 19.0. The second kappa shape index (κ2) is 40.1. The number of carbonyl (C=O) groups is 11. The zero-order chi connectivity index (χ0) is 76.0. The number of carbonyl (C=O) groups excluding carboxylic acids is 10. The molecule has 10 N–H and O–H groups in total. The number of hydrogen-bond acceptors (Lipinski definition) is 19. The Bertz CT molecular complexity index is 3120. The standard InChI is InChI=1S/C72H113N9O20/c1-18-42(10)59(52(98-17)36-55(85)81-32-23-26-48(81)34-43(11)65(90)73-44(12)60(86)47-24-20-19-21-25-47)79(15)69(94)57(40(6)7)77-68(93)58(41(8)9)80(16)72(97)99-37-46-29-30-49(51(35-46)100-71-63(89)61(87)62(88)64(101-71)70(95)96)75-66(91)45(13)74-67(92)56(39(4)5)76-53(83)27-22-28-54(84)78(14)33-31-50(82)38(2)3/h19-21,24-25,29-30,35,38-45,48,52,56-64,71,86-89H,18,22-23,26-28,31-34,36-37H2,1-17H3,(H,73,90)(H,74,92)(H,75,91)(H,76,83)(H,77,93)(H,95,96)/t42-,43+,44+,45-,48-,52+,56-,57-,58-,59-,60+,61-,62-,63+,64-,71+/m0/s1. The molecule has 101 heavy (non-hydrogen) atoms. The van der Waals surface area contributed by atoms with Gasteiger partial charge in [0.1, 0.15) is 60.6 Å². The lowest BCUT2D eigenvalue weighted by Gasteiger charge is -2.40. The van der Waals surface area contributed by atoms with Gasteiger partial charge in [-0.25, -0.2) is 9.59 Å². The number of benzene rings is 2. The van der Waals surface area contributed by atoms with Crippen molar-refractivity contribution in [1.29, 1.82) is 0 Å². The minimum atomic E-state index is -2.09. The number of rotatable bonds is 38. The van der Waals surface area contributed by atoms with Gasteiger partial charge < -0.3 is 85.8 Å². The Hall–Kier alpha value is -7.83. The van der Waals surface area contributed by atoms with Gasteiger partial charge in [-0.15, -0.1) is 0 Å². The van der Waals surface area contributed by atoms with Gasteiger partial charge in [0.2, 0.25) is 53.5 Å². The van der Waals surface area contributed by atoms with Crippen molar-refractivity contribution in [1.82, 2.24) is 40.9 Å². The number of ether oxygens (including phenoxy) is 4. The maximum Gasteiger partial charge on any atom is 0.410 e. The predicted octanol–water partition coefficient (Wildman–Crippen LogP) is 4.05. The van der Waals surface area contributed by atoms with Gasteiger partial charge in [0.05, 0.1) is 36.4 Å². The quantitative estimate of drug-likeness (QED) is 0.0453. The number of carboxylic acids is 1. The van der Waals surface area contributed by atoms with Gasteiger partial charge in [0.15, 0.2) is 6.10 Å². The molecule has 4 rings (SSSR count). The van der Waals surface area contributed by atoms with Crippen LogP contribution in [0.5, 0.6) is 5.75 Å². The van der Waals surface area contributed by atoms with Crippen molar-refractivity contribution >= 4 is 70.8 Å². The van der Waals surface area contributed by atoms with Crippen LogP contribution in [0.3, 0.4) is 0 Å². The van der Waals surface area contributed by atoms with Gasteiger partial charge in [-0.1, -0.05) is 119 Å². The molecule has 0 aliphatic carbocycles. The van der Waals surface area contributed by atoms with Crippen LogP contribution >= 0.6 is 0 Å². The van der Waals surface area contributed by atoms with Crippen LogP contribution in [0.2, 0.25) is 0 Å². The highest BCUT2D eigenvalue weighted by molar-refractivity contribution is 5.99. The first kappa shape index (κ1) is 85.6. The summed E-state index contributed by atoms with van der Waals surface area (Å²) >= 11 is 0. The molecular weight excluding hydrogens is 1310 g/mol. The van der Waals surface area contributed by atoms with E-state index in [2.05, 4.69) is 26.6 Å². The van der Waals surface area contributed by atoms with Gasteiger partial charge in [0, 0.05) is 78.5 Å². The summed E-state index contributed by atoms with van der Waals surface area (Å²) < 4.78 is 23.1. The first-order chi connectivity index (χ1) is 47.4. The number of anilines is 1. The van der Waals surface area contributed by atoms with Crippen molar-refractivity contribution in [2.75, 3.05) is 46.7 Å². The number of nitrogens with zero attached hydrogens (tertiary/aromatic N) is 4. The van der Waals surface area contributed by atoms with Gasteiger partial charge in [-0.3, -0.25) is 48.1 Å². The summed E-state index contributed by atoms with van der Waals surface area (Å²) in [6, 6.07) is 6.71. The summed E-state index contributed by atoms with van der Waals surface area (Å²) in [5, 5.41) is 66.3. The number of hydrogen-bond donors (Lipinski definition) is 10. The molecule has 2 heterocycles. The number of aliphatic hydroxyl groups is 4. The zero-order valence-electron chi connectivity index (χ0n) is 61.8. The van der Waals surface area contributed by atoms with E-state index in [1.54, 1.807) is 100 Å². The van der Waals surface area contributed by atoms with Gasteiger partial charge in [-0.05, 0) is 86.5 Å². The number of carboxylic acid groups (broad SMARTS) is 1. The molecule has 2 fully saturated rings. The van der Waals surface area contributed by atoms with E-state index in [1.165, 1.54) is 49.1 Å². The molecular formula is C72H113N9O20. The van der Waals surface area contributed by atoms with E-state index in [0.717, 1.165) is 11.3 Å². The second-order valence-electron chi connectivity index (χ2n) is 28.3. The van der Waals surface area contributed by atoms with Crippen molar-refractivity contribution in [3.8, 4) is 5.75 Å². The molecule has 0 radical (unpaired) electrons. The number of methoxy groups -OCH3 is 1. The minimum absolute atomic E-state index is 0.0196. The van der Waals surface area contributed by atoms with Gasteiger partial charge >= 0.3 is 12.1 Å². The number of amides is 9. The van der Waals surface area contributed by atoms with Crippen LogP contribution in [0.1, 0.15) is 165 Å². The number of likely N-dealkylation sites (tertiary alicyclic amines) is 1. The largest absolute Gasteiger partial charge is 0.479 e. The van der Waals surface area contributed by atoms with Crippen molar-refractivity contribution in [3.05, 3.63) is 59.7 Å². The number of ketones is 1. The molecule has 0 saturated carbocycles. The Balaban J connectivity index is 1.48. The molecule has 0 aromatic heterocycles. The van der Waals surface area contributed by atoms with E-state index in [-0.39, 0.29) is 97.0 Å². The van der Waals surface area contributed by atoms with Gasteiger partial charge in [-0.2, -0.15) is 0 Å². The van der Waals surface area contributed by atoms with Crippen molar-refractivity contribution in [3.63, 3.8) is 0 Å². The number of aliphatic carboxylic acids is 1. The fraction of sp³-hybridized carbons (Fsp3) is 0.681. The minimum Gasteiger partial charge on any atom is -0.479 e. The molecule has 2 aromatic rings. The second-order valence-corrected chi connectivity index (χ2v) is 28.3. The predicted molar refractivity (Wildman–Crippen MR) is 373 cm³/mol. The smallest absolute Gasteiger partial charge is 0.410 e. The third-order valence-electron chi connectivity index (χ3n) is 19.0. The lowest BCUT2D eigenvalue weighted by Crippen LogP contribution is -2.61. The van der Waals surface area contributed by atoms with Crippen molar-refractivity contribution in [2.45, 2.75) is 240 Å². The third kappa shape index (κ3) is 24.4. The fourth-order valence-corrected chi connectivity index (χ4v) is 12.4. The van der Waals surface area contributed by atoms with E-state index in [9.17, 15) is 78.3 Å². The molecule has 0 unspecified atom stereocenters. The van der Waals surface area contributed by atoms with E-state index in [0.29, 0.717) is 31.4 Å². The molecule has 29 heteroatoms. The Labute approximate surface area is 593 Å². The van der Waals surface area contributed by atoms with Gasteiger partial charge in [0.25, 0.3) is 0 Å². The van der Waals surface area contributed by atoms with Crippen LogP contribution in [-0.2, 0) is 68.8 Å². The lowest BCUT2D eigenvalue weighted by molar-refractivity contribution is -0.271. The Morgan fingerprint density at radius 2 is 1.36 bits per heavy atom. The summed E-state index contributed by atoms with van der Waals surface area (Å²) in [5.41, 5.74) is 0.660. The first-order valence-electron chi connectivity index (χ1n) is 35.1. The Morgan fingerprint density at radius 1 is 0.713 bits per heavy atom. The Morgan fingerprint density at radius 3 is 1.94 bits per heavy atom. The molecule has 2 aliphatic heterocycles. The summed E-state index contributed by atoms with van der Waals surface area (Å²) in [6.45, 7) is 22.7. The number of Topliss-reactive ketones (excluding diaryl/α,β-unsaturated/α-hetero) is 1. The molecule has 0 spiro atoms. The average molecular weight is 1420 g/mol. The monoisotopic (exact) mass is 1420 g/mol. The normalized spacial score (nSPS) is 20.6. The lowest BCUT2D eigenvalue weighted by atomic mass is 9.89. The number of aliphatic hydroxyl groups excluding tert-OH is 4. The van der Waals surface area contributed by atoms with E-state index in [1.807, 2.05) is 32.0 Å². The summed E-state index contributed by atoms with van der Waals surface area (Å²) in [7, 11) is 5.99. The highest BCUT2D eigenvalue weighted by atomic mass is 16.7. The van der Waals surface area contributed by atoms with Crippen LogP contribution in [0.15, 0.2) is 48.5 Å². The van der Waals surface area contributed by atoms with Crippen LogP contribution in [-0.4, -0.2) is 231 Å². The summed E-state index contributed by atoms with van der Waals surface area (Å²) in [6.07, 6.45) is -10.4. The van der Waals surface area contributed by atoms with Crippen LogP contribution < -0.4 is 31.3 Å². The molecule has 2 saturated heterocycles. The van der Waals surface area contributed by atoms with Crippen molar-refractivity contribution in [2.24, 2.45) is 35.5 Å².